The molecule has 2 rings (SSSR count). The summed E-state index contributed by atoms with van der Waals surface area (Å²) in [6.07, 6.45) is 0. The van der Waals surface area contributed by atoms with Gasteiger partial charge in [0.1, 0.15) is 0 Å². The molecule has 0 aliphatic carbocycles. The van der Waals surface area contributed by atoms with E-state index in [0.717, 1.165) is 4.47 Å². The molecule has 0 saturated carbocycles. The number of nitrogens with one attached hydrogen (secondary N) is 1. The number of carbonyl (C=O) groups is 2. The number of ketones is 1. The number of rotatable bonds is 3. The summed E-state index contributed by atoms with van der Waals surface area (Å²) in [5.74, 6) is -0.236. The smallest absolute Gasteiger partial charge is 0.255 e. The molecule has 0 fully saturated rings. The van der Waals surface area contributed by atoms with Crippen molar-refractivity contribution in [2.45, 2.75) is 6.92 Å². The van der Waals surface area contributed by atoms with Crippen molar-refractivity contribution in [2.75, 3.05) is 5.32 Å². The number of amides is 1. The molecule has 4 heteroatoms. The Kier molecular flexibility index (Phi) is 4.12. The van der Waals surface area contributed by atoms with Crippen LogP contribution < -0.4 is 5.32 Å². The monoisotopic (exact) mass is 317 g/mol. The first-order valence-electron chi connectivity index (χ1n) is 5.74. The average Bonchev–Trinajstić information content (AvgIpc) is 2.39. The summed E-state index contributed by atoms with van der Waals surface area (Å²) >= 11 is 3.32. The predicted octanol–water partition coefficient (Wildman–Crippen LogP) is 3.90. The van der Waals surface area contributed by atoms with E-state index < -0.39 is 0 Å². The zero-order chi connectivity index (χ0) is 13.8. The molecule has 0 heterocycles. The third-order valence-corrected chi connectivity index (χ3v) is 3.11. The van der Waals surface area contributed by atoms with Crippen LogP contribution in [0.4, 0.5) is 5.69 Å². The molecule has 19 heavy (non-hydrogen) atoms. The third-order valence-electron chi connectivity index (χ3n) is 2.61. The highest BCUT2D eigenvalue weighted by molar-refractivity contribution is 9.10. The minimum absolute atomic E-state index is 0.0291. The van der Waals surface area contributed by atoms with Crippen LogP contribution in [0, 0.1) is 0 Å². The average molecular weight is 318 g/mol. The van der Waals surface area contributed by atoms with Crippen LogP contribution in [-0.4, -0.2) is 11.7 Å². The van der Waals surface area contributed by atoms with Gasteiger partial charge in [0.05, 0.1) is 0 Å². The minimum Gasteiger partial charge on any atom is -0.322 e. The lowest BCUT2D eigenvalue weighted by Gasteiger charge is -2.06. The first-order valence-corrected chi connectivity index (χ1v) is 6.53. The van der Waals surface area contributed by atoms with Gasteiger partial charge in [0.15, 0.2) is 5.78 Å². The molecule has 0 aliphatic rings. The van der Waals surface area contributed by atoms with Crippen LogP contribution in [0.25, 0.3) is 0 Å². The van der Waals surface area contributed by atoms with E-state index in [4.69, 9.17) is 0 Å². The lowest BCUT2D eigenvalue weighted by atomic mass is 10.1. The van der Waals surface area contributed by atoms with Crippen LogP contribution in [0.1, 0.15) is 27.6 Å². The zero-order valence-electron chi connectivity index (χ0n) is 10.3. The van der Waals surface area contributed by atoms with Gasteiger partial charge in [-0.1, -0.05) is 34.1 Å². The van der Waals surface area contributed by atoms with Gasteiger partial charge in [-0.15, -0.1) is 0 Å². The number of carbonyl (C=O) groups excluding carboxylic acids is 2. The second-order valence-electron chi connectivity index (χ2n) is 4.10. The van der Waals surface area contributed by atoms with Crippen molar-refractivity contribution in [1.29, 1.82) is 0 Å². The van der Waals surface area contributed by atoms with Crippen LogP contribution >= 0.6 is 15.9 Å². The van der Waals surface area contributed by atoms with Gasteiger partial charge in [0, 0.05) is 21.3 Å². The molecule has 1 N–H and O–H groups in total. The molecular formula is C15H12BrNO2. The lowest BCUT2D eigenvalue weighted by molar-refractivity contribution is 0.101. The maximum absolute atomic E-state index is 12.0. The van der Waals surface area contributed by atoms with Gasteiger partial charge < -0.3 is 5.32 Å². The van der Waals surface area contributed by atoms with E-state index in [1.54, 1.807) is 42.5 Å². The van der Waals surface area contributed by atoms with Crippen LogP contribution in [-0.2, 0) is 0 Å². The molecule has 0 saturated heterocycles. The molecule has 0 bridgehead atoms. The van der Waals surface area contributed by atoms with Gasteiger partial charge in [0.25, 0.3) is 5.91 Å². The van der Waals surface area contributed by atoms with Crippen LogP contribution in [0.2, 0.25) is 0 Å². The molecule has 3 nitrogen and oxygen atoms in total. The lowest BCUT2D eigenvalue weighted by Crippen LogP contribution is -2.12. The molecule has 2 aromatic rings. The van der Waals surface area contributed by atoms with Gasteiger partial charge >= 0.3 is 0 Å². The SMILES string of the molecule is CC(=O)c1cccc(NC(=O)c2cccc(Br)c2)c1. The molecule has 0 radical (unpaired) electrons. The maximum Gasteiger partial charge on any atom is 0.255 e. The number of Topliss-reactive ketones (excluding diaryl/α,β-unsaturated/α-hetero) is 1. The van der Waals surface area contributed by atoms with Crippen molar-refractivity contribution in [3.05, 3.63) is 64.1 Å². The van der Waals surface area contributed by atoms with E-state index in [9.17, 15) is 9.59 Å². The molecule has 0 aliphatic heterocycles. The van der Waals surface area contributed by atoms with Crippen LogP contribution in [0.5, 0.6) is 0 Å². The Morgan fingerprint density at radius 1 is 1.00 bits per heavy atom. The minimum atomic E-state index is -0.206. The fourth-order valence-corrected chi connectivity index (χ4v) is 2.05. The van der Waals surface area contributed by atoms with E-state index in [2.05, 4.69) is 21.2 Å². The topological polar surface area (TPSA) is 46.2 Å². The molecule has 2 aromatic carbocycles. The second kappa shape index (κ2) is 5.80. The Bertz CT molecular complexity index is 638. The van der Waals surface area contributed by atoms with E-state index in [0.29, 0.717) is 16.8 Å². The van der Waals surface area contributed by atoms with Gasteiger partial charge in [0.2, 0.25) is 0 Å². The second-order valence-corrected chi connectivity index (χ2v) is 5.02. The fraction of sp³-hybridized carbons (Fsp3) is 0.0667. The Labute approximate surface area is 119 Å². The van der Waals surface area contributed by atoms with E-state index >= 15 is 0 Å². The molecule has 0 aromatic heterocycles. The number of benzene rings is 2. The Morgan fingerprint density at radius 2 is 1.68 bits per heavy atom. The van der Waals surface area contributed by atoms with Crippen molar-refractivity contribution in [1.82, 2.24) is 0 Å². The summed E-state index contributed by atoms with van der Waals surface area (Å²) in [4.78, 5) is 23.3. The highest BCUT2D eigenvalue weighted by atomic mass is 79.9. The normalized spacial score (nSPS) is 10.0. The fourth-order valence-electron chi connectivity index (χ4n) is 1.65. The maximum atomic E-state index is 12.0. The molecule has 96 valence electrons. The number of halogens is 1. The summed E-state index contributed by atoms with van der Waals surface area (Å²) in [5, 5.41) is 2.77. The van der Waals surface area contributed by atoms with Crippen molar-refractivity contribution >= 4 is 33.3 Å². The third kappa shape index (κ3) is 3.51. The van der Waals surface area contributed by atoms with Crippen LogP contribution in [0.15, 0.2) is 53.0 Å². The zero-order valence-corrected chi connectivity index (χ0v) is 11.9. The van der Waals surface area contributed by atoms with Gasteiger partial charge in [-0.25, -0.2) is 0 Å². The summed E-state index contributed by atoms with van der Waals surface area (Å²) < 4.78 is 0.845. The van der Waals surface area contributed by atoms with E-state index in [1.165, 1.54) is 6.92 Å². The molecule has 1 amide bonds. The van der Waals surface area contributed by atoms with Crippen molar-refractivity contribution in [2.24, 2.45) is 0 Å². The van der Waals surface area contributed by atoms with Crippen molar-refractivity contribution < 1.29 is 9.59 Å². The van der Waals surface area contributed by atoms with E-state index in [1.807, 2.05) is 6.07 Å². The first-order chi connectivity index (χ1) is 9.06. The van der Waals surface area contributed by atoms with E-state index in [-0.39, 0.29) is 11.7 Å². The van der Waals surface area contributed by atoms with Crippen molar-refractivity contribution in [3.8, 4) is 0 Å². The van der Waals surface area contributed by atoms with Crippen molar-refractivity contribution in [3.63, 3.8) is 0 Å². The predicted molar refractivity (Wildman–Crippen MR) is 78.5 cm³/mol. The number of hydrogen-bond donors (Lipinski definition) is 1. The van der Waals surface area contributed by atoms with Crippen LogP contribution in [0.3, 0.4) is 0 Å². The Morgan fingerprint density at radius 3 is 2.37 bits per heavy atom. The van der Waals surface area contributed by atoms with Gasteiger partial charge in [-0.2, -0.15) is 0 Å². The number of hydrogen-bond acceptors (Lipinski definition) is 2. The summed E-state index contributed by atoms with van der Waals surface area (Å²) in [6.45, 7) is 1.50. The summed E-state index contributed by atoms with van der Waals surface area (Å²) in [7, 11) is 0. The molecule has 0 spiro atoms. The standard InChI is InChI=1S/C15H12BrNO2/c1-10(18)11-4-3-7-14(9-11)17-15(19)12-5-2-6-13(16)8-12/h2-9H,1H3,(H,17,19). The summed E-state index contributed by atoms with van der Waals surface area (Å²) in [5.41, 5.74) is 1.74. The largest absolute Gasteiger partial charge is 0.322 e. The molecule has 0 atom stereocenters. The highest BCUT2D eigenvalue weighted by Crippen LogP contribution is 2.15. The van der Waals surface area contributed by atoms with Gasteiger partial charge in [-0.05, 0) is 37.3 Å². The van der Waals surface area contributed by atoms with Gasteiger partial charge in [-0.3, -0.25) is 9.59 Å². The highest BCUT2D eigenvalue weighted by Gasteiger charge is 2.07. The first kappa shape index (κ1) is 13.5. The quantitative estimate of drug-likeness (QED) is 0.872. The summed E-state index contributed by atoms with van der Waals surface area (Å²) in [6, 6.07) is 14.0. The molecule has 0 unspecified atom stereocenters. The number of anilines is 1. The Hall–Kier alpha value is -1.94. The Balaban J connectivity index is 2.19. The molecular weight excluding hydrogens is 306 g/mol.